The Balaban J connectivity index is 2.58. The summed E-state index contributed by atoms with van der Waals surface area (Å²) < 4.78 is 5.32. The molecule has 16 heavy (non-hydrogen) atoms. The van der Waals surface area contributed by atoms with Gasteiger partial charge in [0.1, 0.15) is 5.75 Å². The molecule has 0 radical (unpaired) electrons. The predicted octanol–water partition coefficient (Wildman–Crippen LogP) is 1.74. The Hall–Kier alpha value is -1.75. The summed E-state index contributed by atoms with van der Waals surface area (Å²) in [6, 6.07) is 4.69. The number of carbonyl (C=O) groups is 2. The van der Waals surface area contributed by atoms with Gasteiger partial charge >= 0.3 is 5.37 Å². The molecule has 1 aliphatic rings. The third-order valence-electron chi connectivity index (χ3n) is 2.27. The number of carbonyl (C=O) groups excluding carboxylic acids is 2. The Morgan fingerprint density at radius 1 is 1.56 bits per heavy atom. The molecule has 0 bridgehead atoms. The predicted molar refractivity (Wildman–Crippen MR) is 59.7 cm³/mol. The van der Waals surface area contributed by atoms with Crippen molar-refractivity contribution in [2.45, 2.75) is 13.0 Å². The van der Waals surface area contributed by atoms with Gasteiger partial charge in [0.2, 0.25) is 0 Å². The Bertz CT molecular complexity index is 475. The van der Waals surface area contributed by atoms with E-state index < -0.39 is 17.4 Å². The van der Waals surface area contributed by atoms with Crippen molar-refractivity contribution in [3.63, 3.8) is 0 Å². The van der Waals surface area contributed by atoms with Gasteiger partial charge in [0, 0.05) is 5.69 Å². The maximum Gasteiger partial charge on any atom is 0.327 e. The lowest BCUT2D eigenvalue weighted by molar-refractivity contribution is -0.124. The van der Waals surface area contributed by atoms with Crippen molar-refractivity contribution in [2.75, 3.05) is 10.6 Å². The summed E-state index contributed by atoms with van der Waals surface area (Å²) in [5, 5.41) is -0.869. The van der Waals surface area contributed by atoms with Crippen molar-refractivity contribution in [1.29, 1.82) is 0 Å². The van der Waals surface area contributed by atoms with Crippen LogP contribution in [-0.2, 0) is 4.79 Å². The SMILES string of the molecule is CC1Oc2ccc(N)cc2N(C(=O)Cl)C1=O. The van der Waals surface area contributed by atoms with Gasteiger partial charge in [-0.3, -0.25) is 9.59 Å². The summed E-state index contributed by atoms with van der Waals surface area (Å²) >= 11 is 5.37. The highest BCUT2D eigenvalue weighted by atomic mass is 35.5. The number of halogens is 1. The lowest BCUT2D eigenvalue weighted by Gasteiger charge is -2.30. The van der Waals surface area contributed by atoms with Crippen LogP contribution in [0.2, 0.25) is 0 Å². The summed E-state index contributed by atoms with van der Waals surface area (Å²) in [5.41, 5.74) is 6.28. The van der Waals surface area contributed by atoms with Gasteiger partial charge in [0.05, 0.1) is 5.69 Å². The van der Waals surface area contributed by atoms with Crippen molar-refractivity contribution in [2.24, 2.45) is 0 Å². The van der Waals surface area contributed by atoms with Gasteiger partial charge in [-0.05, 0) is 36.7 Å². The monoisotopic (exact) mass is 240 g/mol. The number of fused-ring (bicyclic) bond motifs is 1. The first-order valence-electron chi connectivity index (χ1n) is 4.60. The van der Waals surface area contributed by atoms with Crippen molar-refractivity contribution in [3.8, 4) is 5.75 Å². The molecule has 0 aliphatic carbocycles. The fraction of sp³-hybridized carbons (Fsp3) is 0.200. The van der Waals surface area contributed by atoms with Crippen LogP contribution in [0.3, 0.4) is 0 Å². The first-order chi connectivity index (χ1) is 7.50. The van der Waals surface area contributed by atoms with Crippen LogP contribution in [0.5, 0.6) is 5.75 Å². The standard InChI is InChI=1S/C10H9ClN2O3/c1-5-9(14)13(10(11)15)7-4-6(12)2-3-8(7)16-5/h2-5H,12H2,1H3. The third-order valence-corrected chi connectivity index (χ3v) is 2.44. The van der Waals surface area contributed by atoms with Crippen LogP contribution in [0.15, 0.2) is 18.2 Å². The van der Waals surface area contributed by atoms with Gasteiger partial charge in [-0.2, -0.15) is 0 Å². The molecular formula is C10H9ClN2O3. The fourth-order valence-electron chi connectivity index (χ4n) is 1.53. The lowest BCUT2D eigenvalue weighted by atomic mass is 10.2. The first-order valence-corrected chi connectivity index (χ1v) is 4.98. The molecule has 1 aromatic carbocycles. The zero-order valence-corrected chi connectivity index (χ0v) is 9.19. The molecule has 1 atom stereocenters. The Morgan fingerprint density at radius 3 is 2.88 bits per heavy atom. The summed E-state index contributed by atoms with van der Waals surface area (Å²) in [7, 11) is 0. The van der Waals surface area contributed by atoms with E-state index in [0.29, 0.717) is 11.4 Å². The van der Waals surface area contributed by atoms with Crippen LogP contribution in [0, 0.1) is 0 Å². The number of ether oxygens (including phenoxy) is 1. The highest BCUT2D eigenvalue weighted by Crippen LogP contribution is 2.36. The average molecular weight is 241 g/mol. The summed E-state index contributed by atoms with van der Waals surface area (Å²) in [6.07, 6.45) is -0.737. The number of nitrogens with two attached hydrogens (primary N) is 1. The lowest BCUT2D eigenvalue weighted by Crippen LogP contribution is -2.45. The summed E-state index contributed by atoms with van der Waals surface area (Å²) in [5.74, 6) is -0.0894. The van der Waals surface area contributed by atoms with E-state index in [4.69, 9.17) is 22.1 Å². The van der Waals surface area contributed by atoms with Gasteiger partial charge in [-0.15, -0.1) is 0 Å². The largest absolute Gasteiger partial charge is 0.479 e. The van der Waals surface area contributed by atoms with Gasteiger partial charge in [0.25, 0.3) is 5.91 Å². The minimum Gasteiger partial charge on any atom is -0.479 e. The van der Waals surface area contributed by atoms with Gasteiger partial charge in [0.15, 0.2) is 6.10 Å². The molecule has 0 saturated carbocycles. The molecule has 6 heteroatoms. The number of rotatable bonds is 0. The highest BCUT2D eigenvalue weighted by Gasteiger charge is 2.35. The van der Waals surface area contributed by atoms with E-state index in [0.717, 1.165) is 4.90 Å². The zero-order chi connectivity index (χ0) is 11.9. The molecular weight excluding hydrogens is 232 g/mol. The molecule has 1 heterocycles. The van der Waals surface area contributed by atoms with Crippen LogP contribution in [-0.4, -0.2) is 17.4 Å². The molecule has 1 aliphatic heterocycles. The maximum atomic E-state index is 11.7. The summed E-state index contributed by atoms with van der Waals surface area (Å²) in [4.78, 5) is 23.8. The van der Waals surface area contributed by atoms with E-state index in [-0.39, 0.29) is 5.69 Å². The molecule has 0 spiro atoms. The van der Waals surface area contributed by atoms with Crippen molar-refractivity contribution in [1.82, 2.24) is 0 Å². The quantitative estimate of drug-likeness (QED) is 0.426. The van der Waals surface area contributed by atoms with Gasteiger partial charge < -0.3 is 10.5 Å². The molecule has 1 aromatic rings. The van der Waals surface area contributed by atoms with Crippen LogP contribution >= 0.6 is 11.6 Å². The van der Waals surface area contributed by atoms with Crippen LogP contribution in [0.4, 0.5) is 16.2 Å². The number of hydrogen-bond donors (Lipinski definition) is 1. The minimum atomic E-state index is -0.869. The number of imide groups is 1. The maximum absolute atomic E-state index is 11.7. The Morgan fingerprint density at radius 2 is 2.25 bits per heavy atom. The number of hydrogen-bond acceptors (Lipinski definition) is 4. The van der Waals surface area contributed by atoms with Crippen molar-refractivity contribution < 1.29 is 14.3 Å². The van der Waals surface area contributed by atoms with Crippen molar-refractivity contribution in [3.05, 3.63) is 18.2 Å². The van der Waals surface area contributed by atoms with Crippen molar-refractivity contribution >= 4 is 34.2 Å². The molecule has 2 N–H and O–H groups in total. The second-order valence-electron chi connectivity index (χ2n) is 3.41. The first kappa shape index (κ1) is 10.8. The Kier molecular flexibility index (Phi) is 2.47. The van der Waals surface area contributed by atoms with Crippen LogP contribution < -0.4 is 15.4 Å². The van der Waals surface area contributed by atoms with Gasteiger partial charge in [-0.1, -0.05) is 0 Å². The second-order valence-corrected chi connectivity index (χ2v) is 3.74. The number of anilines is 2. The molecule has 0 fully saturated rings. The molecule has 2 amide bonds. The molecule has 5 nitrogen and oxygen atoms in total. The second kappa shape index (κ2) is 3.68. The van der Waals surface area contributed by atoms with E-state index in [2.05, 4.69) is 0 Å². The average Bonchev–Trinajstić information content (AvgIpc) is 2.20. The molecule has 2 rings (SSSR count). The fourth-order valence-corrected chi connectivity index (χ4v) is 1.71. The summed E-state index contributed by atoms with van der Waals surface area (Å²) in [6.45, 7) is 1.55. The number of benzene rings is 1. The van der Waals surface area contributed by atoms with Crippen LogP contribution in [0.1, 0.15) is 6.92 Å². The van der Waals surface area contributed by atoms with E-state index in [1.807, 2.05) is 0 Å². The molecule has 0 saturated heterocycles. The normalized spacial score (nSPS) is 19.0. The number of nitrogen functional groups attached to an aromatic ring is 1. The molecule has 84 valence electrons. The van der Waals surface area contributed by atoms with E-state index in [9.17, 15) is 9.59 Å². The van der Waals surface area contributed by atoms with Gasteiger partial charge in [-0.25, -0.2) is 4.90 Å². The number of nitrogens with zero attached hydrogens (tertiary/aromatic N) is 1. The zero-order valence-electron chi connectivity index (χ0n) is 8.44. The van der Waals surface area contributed by atoms with Crippen LogP contribution in [0.25, 0.3) is 0 Å². The number of amides is 2. The van der Waals surface area contributed by atoms with E-state index >= 15 is 0 Å². The molecule has 1 unspecified atom stereocenters. The molecule has 0 aromatic heterocycles. The topological polar surface area (TPSA) is 72.6 Å². The smallest absolute Gasteiger partial charge is 0.327 e. The highest BCUT2D eigenvalue weighted by molar-refractivity contribution is 6.68. The third kappa shape index (κ3) is 1.59. The van der Waals surface area contributed by atoms with E-state index in [1.54, 1.807) is 19.1 Å². The van der Waals surface area contributed by atoms with E-state index in [1.165, 1.54) is 6.07 Å². The Labute approximate surface area is 96.7 Å². The minimum absolute atomic E-state index is 0.281.